The van der Waals surface area contributed by atoms with Gasteiger partial charge in [-0.25, -0.2) is 13.1 Å². The minimum absolute atomic E-state index is 0.0378. The van der Waals surface area contributed by atoms with E-state index in [1.165, 1.54) is 10.5 Å². The van der Waals surface area contributed by atoms with Gasteiger partial charge in [0.15, 0.2) is 0 Å². The SMILES string of the molecule is [B]c1ccc(-n2ncc3cc(N4CCN(S(=O)(=O)C(C=NC5CCOCC5)=CN)C(C)C4)ccc32)cc1. The largest absolute Gasteiger partial charge is 0.403 e. The molecule has 1 unspecified atom stereocenters. The lowest BCUT2D eigenvalue weighted by Gasteiger charge is -2.40. The van der Waals surface area contributed by atoms with Crippen molar-refractivity contribution in [3.8, 4) is 5.69 Å². The average Bonchev–Trinajstić information content (AvgIpc) is 3.33. The van der Waals surface area contributed by atoms with E-state index < -0.39 is 10.0 Å². The van der Waals surface area contributed by atoms with Crippen LogP contribution in [0.15, 0.2) is 64.8 Å². The van der Waals surface area contributed by atoms with Gasteiger partial charge >= 0.3 is 0 Å². The van der Waals surface area contributed by atoms with Gasteiger partial charge in [-0.2, -0.15) is 9.40 Å². The van der Waals surface area contributed by atoms with Gasteiger partial charge in [-0.05, 0) is 50.1 Å². The number of benzene rings is 2. The van der Waals surface area contributed by atoms with Crippen LogP contribution in [0, 0.1) is 0 Å². The van der Waals surface area contributed by atoms with Crippen LogP contribution in [0.25, 0.3) is 16.6 Å². The van der Waals surface area contributed by atoms with Gasteiger partial charge in [0.25, 0.3) is 0 Å². The molecule has 192 valence electrons. The molecule has 5 rings (SSSR count). The van der Waals surface area contributed by atoms with Gasteiger partial charge in [0, 0.05) is 62.4 Å². The second-order valence-corrected chi connectivity index (χ2v) is 11.4. The highest BCUT2D eigenvalue weighted by atomic mass is 32.2. The molecule has 9 nitrogen and oxygen atoms in total. The number of sulfonamides is 1. The zero-order chi connectivity index (χ0) is 26.0. The summed E-state index contributed by atoms with van der Waals surface area (Å²) in [6.45, 7) is 4.69. The van der Waals surface area contributed by atoms with E-state index in [1.807, 2.05) is 48.1 Å². The Morgan fingerprint density at radius 2 is 1.86 bits per heavy atom. The number of aliphatic imine (C=N–C) groups is 1. The molecule has 0 saturated carbocycles. The highest BCUT2D eigenvalue weighted by Crippen LogP contribution is 2.27. The number of ether oxygens (including phenoxy) is 1. The van der Waals surface area contributed by atoms with Gasteiger partial charge in [0.2, 0.25) is 10.0 Å². The summed E-state index contributed by atoms with van der Waals surface area (Å²) in [4.78, 5) is 6.72. The molecule has 2 N–H and O–H groups in total. The molecule has 2 aliphatic rings. The predicted octanol–water partition coefficient (Wildman–Crippen LogP) is 1.71. The monoisotopic (exact) mass is 518 g/mol. The van der Waals surface area contributed by atoms with Crippen molar-refractivity contribution in [3.05, 3.63) is 59.8 Å². The average molecular weight is 518 g/mol. The molecule has 2 saturated heterocycles. The van der Waals surface area contributed by atoms with E-state index in [1.54, 1.807) is 0 Å². The van der Waals surface area contributed by atoms with Crippen molar-refractivity contribution in [2.45, 2.75) is 31.8 Å². The Balaban J connectivity index is 1.29. The molecule has 0 aliphatic carbocycles. The van der Waals surface area contributed by atoms with E-state index in [-0.39, 0.29) is 17.0 Å². The number of piperazine rings is 1. The zero-order valence-electron chi connectivity index (χ0n) is 20.9. The quantitative estimate of drug-likeness (QED) is 0.394. The van der Waals surface area contributed by atoms with E-state index in [0.717, 1.165) is 41.3 Å². The molecule has 2 radical (unpaired) electrons. The summed E-state index contributed by atoms with van der Waals surface area (Å²) in [5.41, 5.74) is 9.41. The van der Waals surface area contributed by atoms with Crippen LogP contribution in [0.3, 0.4) is 0 Å². The minimum atomic E-state index is -3.75. The third kappa shape index (κ3) is 5.30. The summed E-state index contributed by atoms with van der Waals surface area (Å²) in [7, 11) is 2.06. The van der Waals surface area contributed by atoms with Crippen LogP contribution in [0.1, 0.15) is 19.8 Å². The van der Waals surface area contributed by atoms with Crippen LogP contribution in [0.5, 0.6) is 0 Å². The summed E-state index contributed by atoms with van der Waals surface area (Å²) in [5, 5.41) is 5.56. The number of nitrogens with zero attached hydrogens (tertiary/aromatic N) is 5. The van der Waals surface area contributed by atoms with Crippen molar-refractivity contribution in [1.82, 2.24) is 14.1 Å². The lowest BCUT2D eigenvalue weighted by Crippen LogP contribution is -2.54. The third-order valence-corrected chi connectivity index (χ3v) is 8.99. The first kappa shape index (κ1) is 25.5. The van der Waals surface area contributed by atoms with Crippen molar-refractivity contribution in [1.29, 1.82) is 0 Å². The Morgan fingerprint density at radius 1 is 1.14 bits per heavy atom. The zero-order valence-corrected chi connectivity index (χ0v) is 21.7. The molecule has 0 spiro atoms. The molecule has 2 aliphatic heterocycles. The molecule has 0 bridgehead atoms. The van der Waals surface area contributed by atoms with Crippen molar-refractivity contribution >= 4 is 46.1 Å². The number of aromatic nitrogens is 2. The number of hydrogen-bond acceptors (Lipinski definition) is 7. The van der Waals surface area contributed by atoms with Crippen molar-refractivity contribution in [3.63, 3.8) is 0 Å². The first-order valence-corrected chi connectivity index (χ1v) is 13.9. The molecule has 1 aromatic heterocycles. The van der Waals surface area contributed by atoms with Crippen molar-refractivity contribution in [2.24, 2.45) is 10.7 Å². The minimum Gasteiger partial charge on any atom is -0.403 e. The molecule has 2 fully saturated rings. The maximum absolute atomic E-state index is 13.4. The Bertz CT molecular complexity index is 1410. The third-order valence-electron chi connectivity index (χ3n) is 7.00. The Morgan fingerprint density at radius 3 is 2.57 bits per heavy atom. The fourth-order valence-corrected chi connectivity index (χ4v) is 6.41. The van der Waals surface area contributed by atoms with Crippen LogP contribution >= 0.6 is 0 Å². The van der Waals surface area contributed by atoms with Crippen LogP contribution in [-0.4, -0.2) is 81.5 Å². The first-order chi connectivity index (χ1) is 17.9. The summed E-state index contributed by atoms with van der Waals surface area (Å²) in [6.07, 6.45) is 5.97. The van der Waals surface area contributed by atoms with Crippen LogP contribution < -0.4 is 16.1 Å². The van der Waals surface area contributed by atoms with Crippen molar-refractivity contribution < 1.29 is 13.2 Å². The van der Waals surface area contributed by atoms with Crippen molar-refractivity contribution in [2.75, 3.05) is 37.7 Å². The smallest absolute Gasteiger partial charge is 0.246 e. The molecule has 37 heavy (non-hydrogen) atoms. The van der Waals surface area contributed by atoms with Crippen LogP contribution in [0.4, 0.5) is 5.69 Å². The Kier molecular flexibility index (Phi) is 7.37. The number of allylic oxidation sites excluding steroid dienone is 1. The van der Waals surface area contributed by atoms with Gasteiger partial charge in [0.1, 0.15) is 12.8 Å². The molecular weight excluding hydrogens is 487 g/mol. The molecule has 11 heteroatoms. The number of hydrogen-bond donors (Lipinski definition) is 1. The molecule has 0 amide bonds. The van der Waals surface area contributed by atoms with E-state index >= 15 is 0 Å². The van der Waals surface area contributed by atoms with E-state index in [0.29, 0.717) is 38.3 Å². The molecule has 1 atom stereocenters. The van der Waals surface area contributed by atoms with Gasteiger partial charge in [-0.15, -0.1) is 0 Å². The maximum Gasteiger partial charge on any atom is 0.246 e. The molecule has 2 aromatic carbocycles. The highest BCUT2D eigenvalue weighted by Gasteiger charge is 2.35. The van der Waals surface area contributed by atoms with E-state index in [9.17, 15) is 8.42 Å². The summed E-state index contributed by atoms with van der Waals surface area (Å²) < 4.78 is 35.6. The van der Waals surface area contributed by atoms with E-state index in [2.05, 4.69) is 27.1 Å². The Labute approximate surface area is 219 Å². The number of nitrogens with two attached hydrogens (primary N) is 1. The second kappa shape index (κ2) is 10.7. The maximum atomic E-state index is 13.4. The fourth-order valence-electron chi connectivity index (χ4n) is 4.91. The highest BCUT2D eigenvalue weighted by molar-refractivity contribution is 7.93. The normalized spacial score (nSPS) is 20.7. The second-order valence-electron chi connectivity index (χ2n) is 9.49. The Hall–Kier alpha value is -3.15. The molecular formula is C26H31BN6O3S. The first-order valence-electron chi connectivity index (χ1n) is 12.5. The standard InChI is InChI=1S/C26H31BN6O3S/c1-19-18-31(10-11-32(19)37(34,35)25(15-28)17-29-22-8-12-36-13-9-22)24-6-7-26-20(14-24)16-30-33(26)23-4-2-21(27)3-5-23/h2-7,14-17,19,22H,8-13,18,28H2,1H3. The predicted molar refractivity (Wildman–Crippen MR) is 148 cm³/mol. The fraction of sp³-hybridized carbons (Fsp3) is 0.385. The summed E-state index contributed by atoms with van der Waals surface area (Å²) in [6, 6.07) is 13.6. The van der Waals surface area contributed by atoms with Gasteiger partial charge in [-0.1, -0.05) is 17.6 Å². The lowest BCUT2D eigenvalue weighted by atomic mass is 9.96. The van der Waals surface area contributed by atoms with Crippen LogP contribution in [-0.2, 0) is 14.8 Å². The van der Waals surface area contributed by atoms with E-state index in [4.69, 9.17) is 18.3 Å². The number of rotatable bonds is 6. The van der Waals surface area contributed by atoms with Crippen LogP contribution in [0.2, 0.25) is 0 Å². The topological polar surface area (TPSA) is 106 Å². The number of fused-ring (bicyclic) bond motifs is 1. The van der Waals surface area contributed by atoms with Gasteiger partial charge in [-0.3, -0.25) is 4.99 Å². The lowest BCUT2D eigenvalue weighted by molar-refractivity contribution is 0.0872. The molecule has 3 aromatic rings. The number of anilines is 1. The van der Waals surface area contributed by atoms with Gasteiger partial charge < -0.3 is 15.4 Å². The summed E-state index contributed by atoms with van der Waals surface area (Å²) in [5.74, 6) is 0. The molecule has 3 heterocycles. The summed E-state index contributed by atoms with van der Waals surface area (Å²) >= 11 is 0. The van der Waals surface area contributed by atoms with Gasteiger partial charge in [0.05, 0.1) is 23.4 Å².